The smallest absolute Gasteiger partial charge is 0.418 e. The van der Waals surface area contributed by atoms with Gasteiger partial charge in [-0.05, 0) is 6.07 Å². The lowest BCUT2D eigenvalue weighted by Gasteiger charge is -2.13. The first-order chi connectivity index (χ1) is 7.16. The highest BCUT2D eigenvalue weighted by Crippen LogP contribution is 2.32. The second-order valence-electron chi connectivity index (χ2n) is 3.03. The monoisotopic (exact) mass is 236 g/mol. The zero-order chi connectivity index (χ0) is 12.7. The molecule has 16 heavy (non-hydrogen) atoms. The van der Waals surface area contributed by atoms with Gasteiger partial charge >= 0.3 is 12.1 Å². The molecule has 8 heteroatoms. The molecule has 1 aromatic rings. The predicted octanol–water partition coefficient (Wildman–Crippen LogP) is 0.685. The molecule has 0 fully saturated rings. The molecule has 3 N–H and O–H groups in total. The number of nitrogens with two attached hydrogens (primary N) is 1. The Balaban J connectivity index is 3.74. The third-order valence-corrected chi connectivity index (χ3v) is 1.95. The van der Waals surface area contributed by atoms with Crippen molar-refractivity contribution in [3.8, 4) is 0 Å². The molecule has 0 saturated carbocycles. The van der Waals surface area contributed by atoms with Gasteiger partial charge in [-0.2, -0.15) is 13.2 Å². The molecule has 0 aliphatic rings. The molecule has 0 amide bonds. The van der Waals surface area contributed by atoms with Crippen LogP contribution in [0.1, 0.15) is 16.1 Å². The van der Waals surface area contributed by atoms with Gasteiger partial charge in [-0.1, -0.05) is 0 Å². The quantitative estimate of drug-likeness (QED) is 0.750. The van der Waals surface area contributed by atoms with Gasteiger partial charge in [0.05, 0.1) is 11.3 Å². The summed E-state index contributed by atoms with van der Waals surface area (Å²) in [6.45, 7) is 0. The number of anilines is 1. The van der Waals surface area contributed by atoms with E-state index in [2.05, 4.69) is 0 Å². The van der Waals surface area contributed by atoms with Crippen LogP contribution in [0.15, 0.2) is 10.9 Å². The van der Waals surface area contributed by atoms with E-state index in [0.717, 1.165) is 7.05 Å². The summed E-state index contributed by atoms with van der Waals surface area (Å²) in [5, 5.41) is 8.62. The van der Waals surface area contributed by atoms with E-state index in [4.69, 9.17) is 10.8 Å². The van der Waals surface area contributed by atoms with Crippen molar-refractivity contribution in [2.24, 2.45) is 7.05 Å². The van der Waals surface area contributed by atoms with Crippen LogP contribution in [-0.2, 0) is 13.2 Å². The number of nitrogen functional groups attached to an aromatic ring is 1. The lowest BCUT2D eigenvalue weighted by molar-refractivity contribution is -0.138. The van der Waals surface area contributed by atoms with Crippen molar-refractivity contribution in [1.82, 2.24) is 4.57 Å². The highest BCUT2D eigenvalue weighted by atomic mass is 19.4. The average molecular weight is 236 g/mol. The number of aromatic carboxylic acids is 1. The number of nitrogens with zero attached hydrogens (tertiary/aromatic N) is 1. The van der Waals surface area contributed by atoms with Gasteiger partial charge in [-0.15, -0.1) is 0 Å². The van der Waals surface area contributed by atoms with E-state index in [0.29, 0.717) is 10.6 Å². The van der Waals surface area contributed by atoms with Crippen LogP contribution in [0.2, 0.25) is 0 Å². The molecule has 88 valence electrons. The summed E-state index contributed by atoms with van der Waals surface area (Å²) in [6.07, 6.45) is -4.88. The first kappa shape index (κ1) is 12.1. The summed E-state index contributed by atoms with van der Waals surface area (Å²) in [4.78, 5) is 21.8. The minimum atomic E-state index is -4.88. The Bertz CT molecular complexity index is 504. The maximum Gasteiger partial charge on any atom is 0.418 e. The molecular formula is C8H7F3N2O3. The Labute approximate surface area is 86.9 Å². The summed E-state index contributed by atoms with van der Waals surface area (Å²) in [6, 6.07) is 0.325. The number of halogens is 3. The SMILES string of the molecule is Cn1c(C(=O)O)c(C(F)(F)F)cc(N)c1=O. The standard InChI is InChI=1S/C8H7F3N2O3/c1-13-5(7(15)16)3(8(9,10)11)2-4(12)6(13)14/h2H,12H2,1H3,(H,15,16). The molecule has 0 aliphatic carbocycles. The highest BCUT2D eigenvalue weighted by Gasteiger charge is 2.37. The van der Waals surface area contributed by atoms with E-state index in [1.54, 1.807) is 0 Å². The van der Waals surface area contributed by atoms with Gasteiger partial charge in [0.1, 0.15) is 5.69 Å². The summed E-state index contributed by atoms with van der Waals surface area (Å²) in [7, 11) is 0.914. The first-order valence-corrected chi connectivity index (χ1v) is 3.96. The molecule has 0 aromatic carbocycles. The van der Waals surface area contributed by atoms with Crippen molar-refractivity contribution in [2.75, 3.05) is 5.73 Å². The van der Waals surface area contributed by atoms with Crippen molar-refractivity contribution < 1.29 is 23.1 Å². The molecule has 1 aromatic heterocycles. The van der Waals surface area contributed by atoms with Crippen LogP contribution in [0.25, 0.3) is 0 Å². The van der Waals surface area contributed by atoms with E-state index < -0.39 is 34.6 Å². The number of hydrogen-bond acceptors (Lipinski definition) is 3. The zero-order valence-electron chi connectivity index (χ0n) is 8.00. The molecule has 0 unspecified atom stereocenters. The van der Waals surface area contributed by atoms with Crippen LogP contribution in [0.5, 0.6) is 0 Å². The third kappa shape index (κ3) is 1.86. The number of pyridine rings is 1. The number of aromatic nitrogens is 1. The molecule has 0 atom stereocenters. The fourth-order valence-electron chi connectivity index (χ4n) is 1.24. The zero-order valence-corrected chi connectivity index (χ0v) is 8.00. The number of alkyl halides is 3. The largest absolute Gasteiger partial charge is 0.477 e. The van der Waals surface area contributed by atoms with Crippen LogP contribution >= 0.6 is 0 Å². The molecule has 0 bridgehead atoms. The molecule has 1 heterocycles. The number of carbonyl (C=O) groups is 1. The lowest BCUT2D eigenvalue weighted by atomic mass is 10.1. The Morgan fingerprint density at radius 1 is 1.50 bits per heavy atom. The number of carboxylic acid groups (broad SMARTS) is 1. The Hall–Kier alpha value is -1.99. The number of hydrogen-bond donors (Lipinski definition) is 2. The maximum absolute atomic E-state index is 12.5. The van der Waals surface area contributed by atoms with Crippen molar-refractivity contribution in [2.45, 2.75) is 6.18 Å². The maximum atomic E-state index is 12.5. The summed E-state index contributed by atoms with van der Waals surface area (Å²) in [5.74, 6) is -1.84. The van der Waals surface area contributed by atoms with Gasteiger partial charge in [0.2, 0.25) is 0 Å². The van der Waals surface area contributed by atoms with Crippen LogP contribution < -0.4 is 11.3 Å². The van der Waals surface area contributed by atoms with E-state index in [1.165, 1.54) is 0 Å². The molecule has 0 aliphatic heterocycles. The van der Waals surface area contributed by atoms with E-state index in [1.807, 2.05) is 0 Å². The second kappa shape index (κ2) is 3.54. The van der Waals surface area contributed by atoms with E-state index >= 15 is 0 Å². The minimum absolute atomic E-state index is 0.325. The van der Waals surface area contributed by atoms with Crippen LogP contribution in [-0.4, -0.2) is 15.6 Å². The lowest BCUT2D eigenvalue weighted by Crippen LogP contribution is -2.29. The van der Waals surface area contributed by atoms with Crippen molar-refractivity contribution in [3.63, 3.8) is 0 Å². The number of carboxylic acids is 1. The topological polar surface area (TPSA) is 85.3 Å². The van der Waals surface area contributed by atoms with Gasteiger partial charge in [0.15, 0.2) is 0 Å². The van der Waals surface area contributed by atoms with Crippen molar-refractivity contribution in [1.29, 1.82) is 0 Å². The van der Waals surface area contributed by atoms with E-state index in [9.17, 15) is 22.8 Å². The van der Waals surface area contributed by atoms with Gasteiger partial charge in [0.25, 0.3) is 5.56 Å². The molecule has 0 spiro atoms. The fourth-order valence-corrected chi connectivity index (χ4v) is 1.24. The molecule has 0 radical (unpaired) electrons. The van der Waals surface area contributed by atoms with Crippen LogP contribution in [0.4, 0.5) is 18.9 Å². The van der Waals surface area contributed by atoms with Crippen molar-refractivity contribution in [3.05, 3.63) is 27.7 Å². The third-order valence-electron chi connectivity index (χ3n) is 1.95. The average Bonchev–Trinajstić information content (AvgIpc) is 2.11. The molecule has 1 rings (SSSR count). The normalized spacial score (nSPS) is 11.5. The predicted molar refractivity (Wildman–Crippen MR) is 48.1 cm³/mol. The summed E-state index contributed by atoms with van der Waals surface area (Å²) < 4.78 is 37.8. The van der Waals surface area contributed by atoms with Gasteiger partial charge in [0, 0.05) is 7.05 Å². The Morgan fingerprint density at radius 2 is 2.00 bits per heavy atom. The van der Waals surface area contributed by atoms with E-state index in [-0.39, 0.29) is 0 Å². The highest BCUT2D eigenvalue weighted by molar-refractivity contribution is 5.88. The van der Waals surface area contributed by atoms with Gasteiger partial charge in [-0.25, -0.2) is 4.79 Å². The fraction of sp³-hybridized carbons (Fsp3) is 0.250. The molecule has 5 nitrogen and oxygen atoms in total. The summed E-state index contributed by atoms with van der Waals surface area (Å²) in [5.41, 5.74) is 0.849. The van der Waals surface area contributed by atoms with Crippen LogP contribution in [0.3, 0.4) is 0 Å². The van der Waals surface area contributed by atoms with Gasteiger partial charge < -0.3 is 15.4 Å². The minimum Gasteiger partial charge on any atom is -0.477 e. The number of rotatable bonds is 1. The van der Waals surface area contributed by atoms with Crippen LogP contribution in [0, 0.1) is 0 Å². The first-order valence-electron chi connectivity index (χ1n) is 3.96. The summed E-state index contributed by atoms with van der Waals surface area (Å²) >= 11 is 0. The van der Waals surface area contributed by atoms with Crippen molar-refractivity contribution >= 4 is 11.7 Å². The molecular weight excluding hydrogens is 229 g/mol. The second-order valence-corrected chi connectivity index (χ2v) is 3.03. The van der Waals surface area contributed by atoms with Gasteiger partial charge in [-0.3, -0.25) is 4.79 Å². The Morgan fingerprint density at radius 3 is 2.38 bits per heavy atom. The molecule has 0 saturated heterocycles. The Kier molecular flexibility index (Phi) is 2.68.